The van der Waals surface area contributed by atoms with Crippen molar-refractivity contribution in [2.24, 2.45) is 0 Å². The summed E-state index contributed by atoms with van der Waals surface area (Å²) in [6.45, 7) is 2.97. The quantitative estimate of drug-likeness (QED) is 0.653. The van der Waals surface area contributed by atoms with Crippen molar-refractivity contribution in [3.63, 3.8) is 0 Å². The molecule has 0 aliphatic rings. The first-order valence-corrected chi connectivity index (χ1v) is 5.93. The van der Waals surface area contributed by atoms with E-state index in [0.717, 1.165) is 0 Å². The molecule has 18 heavy (non-hydrogen) atoms. The van der Waals surface area contributed by atoms with Gasteiger partial charge >= 0.3 is 0 Å². The van der Waals surface area contributed by atoms with E-state index < -0.39 is 15.9 Å². The molecule has 0 fully saturated rings. The maximum absolute atomic E-state index is 11.0. The number of nitrogens with one attached hydrogen (secondary N) is 1. The Morgan fingerprint density at radius 1 is 1.50 bits per heavy atom. The molecule has 0 aliphatic carbocycles. The number of anilines is 1. The fourth-order valence-electron chi connectivity index (χ4n) is 1.11. The molecule has 1 rings (SSSR count). The third-order valence-electron chi connectivity index (χ3n) is 1.72. The van der Waals surface area contributed by atoms with E-state index in [2.05, 4.69) is 15.3 Å². The number of carbonyl (C=O) groups excluding carboxylic acids is 1. The molecule has 1 heterocycles. The largest absolute Gasteiger partial charge is 0.449 e. The first-order valence-electron chi connectivity index (χ1n) is 4.80. The van der Waals surface area contributed by atoms with Crippen molar-refractivity contribution in [2.45, 2.75) is 23.9 Å². The van der Waals surface area contributed by atoms with Gasteiger partial charge in [-0.3, -0.25) is 4.79 Å². The van der Waals surface area contributed by atoms with E-state index in [4.69, 9.17) is 45.3 Å². The van der Waals surface area contributed by atoms with E-state index in [0.29, 0.717) is 5.69 Å². The van der Waals surface area contributed by atoms with Gasteiger partial charge in [-0.05, 0) is 6.92 Å². The van der Waals surface area contributed by atoms with Gasteiger partial charge in [-0.15, -0.1) is 0 Å². The number of nitrogen functional groups attached to an aromatic ring is 1. The maximum atomic E-state index is 11.0. The zero-order valence-corrected chi connectivity index (χ0v) is 11.8. The highest BCUT2D eigenvalue weighted by Crippen LogP contribution is 2.31. The van der Waals surface area contributed by atoms with Crippen LogP contribution in [0.5, 0.6) is 5.88 Å². The predicted octanol–water partition coefficient (Wildman–Crippen LogP) is 1.58. The second-order valence-electron chi connectivity index (χ2n) is 3.45. The van der Waals surface area contributed by atoms with Crippen LogP contribution in [0.1, 0.15) is 12.6 Å². The normalized spacial score (nSPS) is 12.9. The van der Waals surface area contributed by atoms with Gasteiger partial charge in [0, 0.05) is 18.7 Å². The zero-order valence-electron chi connectivity index (χ0n) is 9.58. The molecule has 6 nitrogen and oxygen atoms in total. The van der Waals surface area contributed by atoms with Gasteiger partial charge in [0.05, 0.1) is 0 Å². The minimum absolute atomic E-state index is 0.0240. The van der Waals surface area contributed by atoms with Crippen LogP contribution < -0.4 is 15.8 Å². The van der Waals surface area contributed by atoms with Crippen molar-refractivity contribution in [2.75, 3.05) is 5.73 Å². The van der Waals surface area contributed by atoms with Gasteiger partial charge in [-0.1, -0.05) is 34.8 Å². The van der Waals surface area contributed by atoms with Gasteiger partial charge in [0.15, 0.2) is 0 Å². The molecule has 0 aromatic carbocycles. The van der Waals surface area contributed by atoms with Gasteiger partial charge in [0.2, 0.25) is 27.8 Å². The molecule has 0 unspecified atom stereocenters. The zero-order chi connectivity index (χ0) is 13.9. The van der Waals surface area contributed by atoms with Crippen molar-refractivity contribution >= 4 is 46.7 Å². The summed E-state index contributed by atoms with van der Waals surface area (Å²) < 4.78 is 3.44. The van der Waals surface area contributed by atoms with Crippen LogP contribution in [0.4, 0.5) is 5.95 Å². The van der Waals surface area contributed by atoms with Crippen molar-refractivity contribution in [1.82, 2.24) is 15.3 Å². The van der Waals surface area contributed by atoms with Gasteiger partial charge in [0.25, 0.3) is 0 Å². The van der Waals surface area contributed by atoms with E-state index in [-0.39, 0.29) is 11.8 Å². The minimum Gasteiger partial charge on any atom is -0.449 e. The number of nitrogens with zero attached hydrogens (tertiary/aromatic N) is 2. The highest BCUT2D eigenvalue weighted by molar-refractivity contribution is 6.68. The van der Waals surface area contributed by atoms with Crippen LogP contribution in [0.2, 0.25) is 0 Å². The Hall–Kier alpha value is -0.980. The summed E-state index contributed by atoms with van der Waals surface area (Å²) in [7, 11) is 0. The summed E-state index contributed by atoms with van der Waals surface area (Å²) in [5.74, 6) is -0.286. The molecule has 1 aromatic heterocycles. The monoisotopic (exact) mass is 312 g/mol. The summed E-state index contributed by atoms with van der Waals surface area (Å²) in [5, 5.41) is 2.35. The van der Waals surface area contributed by atoms with Gasteiger partial charge < -0.3 is 15.8 Å². The Bertz CT molecular complexity index is 430. The number of nitrogens with two attached hydrogens (primary N) is 1. The summed E-state index contributed by atoms with van der Waals surface area (Å²) in [6.07, 6.45) is -1.19. The number of halogens is 3. The lowest BCUT2D eigenvalue weighted by Crippen LogP contribution is -2.47. The van der Waals surface area contributed by atoms with Crippen molar-refractivity contribution < 1.29 is 9.53 Å². The average Bonchev–Trinajstić information content (AvgIpc) is 2.12. The van der Waals surface area contributed by atoms with Crippen molar-refractivity contribution in [3.8, 4) is 5.88 Å². The number of hydrogen-bond acceptors (Lipinski definition) is 5. The highest BCUT2D eigenvalue weighted by Gasteiger charge is 2.36. The van der Waals surface area contributed by atoms with Crippen LogP contribution >= 0.6 is 34.8 Å². The van der Waals surface area contributed by atoms with Crippen molar-refractivity contribution in [1.29, 1.82) is 0 Å². The molecule has 1 aromatic rings. The topological polar surface area (TPSA) is 90.1 Å². The lowest BCUT2D eigenvalue weighted by atomic mass is 10.4. The summed E-state index contributed by atoms with van der Waals surface area (Å²) >= 11 is 17.1. The minimum atomic E-state index is -1.85. The molecule has 0 saturated carbocycles. The van der Waals surface area contributed by atoms with Crippen LogP contribution in [-0.4, -0.2) is 25.9 Å². The van der Waals surface area contributed by atoms with E-state index in [1.807, 2.05) is 0 Å². The van der Waals surface area contributed by atoms with Crippen LogP contribution in [0.3, 0.4) is 0 Å². The Kier molecular flexibility index (Phi) is 4.84. The number of aromatic nitrogens is 2. The Labute approximate surface area is 119 Å². The third-order valence-corrected chi connectivity index (χ3v) is 2.31. The molecule has 1 amide bonds. The van der Waals surface area contributed by atoms with Gasteiger partial charge in [0.1, 0.15) is 0 Å². The fraction of sp³-hybridized carbons (Fsp3) is 0.444. The van der Waals surface area contributed by atoms with Gasteiger partial charge in [-0.25, -0.2) is 4.98 Å². The Morgan fingerprint density at radius 3 is 2.56 bits per heavy atom. The number of ether oxygens (including phenoxy) is 1. The van der Waals surface area contributed by atoms with E-state index in [1.165, 1.54) is 13.0 Å². The predicted molar refractivity (Wildman–Crippen MR) is 69.7 cm³/mol. The van der Waals surface area contributed by atoms with E-state index >= 15 is 0 Å². The smallest absolute Gasteiger partial charge is 0.246 e. The van der Waals surface area contributed by atoms with E-state index in [9.17, 15) is 4.79 Å². The summed E-state index contributed by atoms with van der Waals surface area (Å²) in [4.78, 5) is 18.7. The molecular formula is C9H11Cl3N4O2. The van der Waals surface area contributed by atoms with Crippen LogP contribution in [0.25, 0.3) is 0 Å². The third kappa shape index (κ3) is 4.72. The molecule has 0 radical (unpaired) electrons. The molecular weight excluding hydrogens is 302 g/mol. The Morgan fingerprint density at radius 2 is 2.11 bits per heavy atom. The molecule has 0 aliphatic heterocycles. The molecule has 1 atom stereocenters. The highest BCUT2D eigenvalue weighted by atomic mass is 35.6. The summed E-state index contributed by atoms with van der Waals surface area (Å²) in [6, 6.07) is 1.50. The first-order chi connectivity index (χ1) is 8.18. The van der Waals surface area contributed by atoms with Gasteiger partial charge in [-0.2, -0.15) is 4.98 Å². The number of aryl methyl sites for hydroxylation is 1. The summed E-state index contributed by atoms with van der Waals surface area (Å²) in [5.41, 5.74) is 6.04. The van der Waals surface area contributed by atoms with Crippen molar-refractivity contribution in [3.05, 3.63) is 11.8 Å². The van der Waals surface area contributed by atoms with Crippen LogP contribution in [-0.2, 0) is 4.79 Å². The molecule has 100 valence electrons. The SMILES string of the molecule is CC(=O)N[C@H](Oc1cc(C)nc(N)n1)C(Cl)(Cl)Cl. The number of hydrogen-bond donors (Lipinski definition) is 2. The molecule has 3 N–H and O–H groups in total. The molecule has 0 saturated heterocycles. The van der Waals surface area contributed by atoms with E-state index in [1.54, 1.807) is 6.92 Å². The second-order valence-corrected chi connectivity index (χ2v) is 5.81. The maximum Gasteiger partial charge on any atom is 0.246 e. The molecule has 0 bridgehead atoms. The fourth-order valence-corrected chi connectivity index (χ4v) is 1.40. The standard InChI is InChI=1S/C9H11Cl3N4O2/c1-4-3-6(16-8(13)14-4)18-7(9(10,11)12)15-5(2)17/h3,7H,1-2H3,(H,15,17)(H2,13,14,16)/t7-/m1/s1. The average molecular weight is 314 g/mol. The number of alkyl halides is 3. The first kappa shape index (κ1) is 15.1. The van der Waals surface area contributed by atoms with Crippen LogP contribution in [0, 0.1) is 6.92 Å². The molecule has 0 spiro atoms. The second kappa shape index (κ2) is 5.77. The number of amides is 1. The number of carbonyl (C=O) groups is 1. The Balaban J connectivity index is 2.92. The lowest BCUT2D eigenvalue weighted by Gasteiger charge is -2.25. The van der Waals surface area contributed by atoms with Crippen LogP contribution in [0.15, 0.2) is 6.07 Å². The molecule has 9 heteroatoms. The number of rotatable bonds is 3. The lowest BCUT2D eigenvalue weighted by molar-refractivity contribution is -0.121.